The van der Waals surface area contributed by atoms with Gasteiger partial charge in [-0.2, -0.15) is 0 Å². The van der Waals surface area contributed by atoms with E-state index in [0.717, 1.165) is 5.56 Å². The van der Waals surface area contributed by atoms with E-state index in [4.69, 9.17) is 9.47 Å². The van der Waals surface area contributed by atoms with Crippen LogP contribution in [0.1, 0.15) is 5.56 Å². The van der Waals surface area contributed by atoms with Crippen molar-refractivity contribution in [1.82, 2.24) is 5.32 Å². The van der Waals surface area contributed by atoms with Crippen LogP contribution < -0.4 is 20.1 Å². The lowest BCUT2D eigenvalue weighted by atomic mass is 10.1. The number of carbonyl (C=O) groups is 4. The summed E-state index contributed by atoms with van der Waals surface area (Å²) in [5.74, 6) is -6.21. The van der Waals surface area contributed by atoms with Gasteiger partial charge in [-0.1, -0.05) is 23.8 Å². The molecule has 10 heteroatoms. The fourth-order valence-electron chi connectivity index (χ4n) is 5.42. The van der Waals surface area contributed by atoms with Crippen LogP contribution in [0, 0.1) is 42.4 Å². The molecule has 6 unspecified atom stereocenters. The lowest BCUT2D eigenvalue weighted by Crippen LogP contribution is -2.22. The number of hydrogen-bond donors (Lipinski definition) is 4. The van der Waals surface area contributed by atoms with Crippen molar-refractivity contribution in [2.45, 2.75) is 6.92 Å². The Bertz CT molecular complexity index is 1450. The molecule has 2 saturated carbocycles. The monoisotopic (exact) mass is 544 g/mol. The van der Waals surface area contributed by atoms with Crippen LogP contribution in [0.25, 0.3) is 0 Å². The molecule has 4 N–H and O–H groups in total. The highest BCUT2D eigenvalue weighted by atomic mass is 16.5. The van der Waals surface area contributed by atoms with Gasteiger partial charge in [-0.3, -0.25) is 19.2 Å². The standard InChI is InChI=1S/C30H28N2O8/c1-15-6-10-17(11-7-15)39-19-4-3-5-20(14-19)40-18-12-8-16(9-13-18)32-28(34)24-22(26(24)30(37)38)21-23(27(33)31-2)25(21)29(35)36/h3-14,21-26H,1-2H3,(H,31,33)(H,32,34)(H,35,36)(H,37,38). The summed E-state index contributed by atoms with van der Waals surface area (Å²) in [6.45, 7) is 2.00. The van der Waals surface area contributed by atoms with E-state index in [1.54, 1.807) is 36.4 Å². The van der Waals surface area contributed by atoms with Crippen molar-refractivity contribution >= 4 is 29.4 Å². The maximum atomic E-state index is 13.0. The third-order valence-corrected chi connectivity index (χ3v) is 7.44. The third kappa shape index (κ3) is 5.47. The Balaban J connectivity index is 1.21. The molecule has 2 aliphatic carbocycles. The first-order chi connectivity index (χ1) is 19.2. The molecule has 0 saturated heterocycles. The highest BCUT2D eigenvalue weighted by molar-refractivity contribution is 6.00. The van der Waals surface area contributed by atoms with Crippen LogP contribution in [0.15, 0.2) is 72.8 Å². The van der Waals surface area contributed by atoms with Gasteiger partial charge in [0.15, 0.2) is 0 Å². The Morgan fingerprint density at radius 3 is 1.60 bits per heavy atom. The average molecular weight is 545 g/mol. The summed E-state index contributed by atoms with van der Waals surface area (Å²) < 4.78 is 11.8. The predicted octanol–water partition coefficient (Wildman–Crippen LogP) is 4.16. The Morgan fingerprint density at radius 1 is 0.650 bits per heavy atom. The molecular formula is C30H28N2O8. The second-order valence-corrected chi connectivity index (χ2v) is 10.1. The van der Waals surface area contributed by atoms with Crippen LogP contribution in [-0.4, -0.2) is 41.0 Å². The van der Waals surface area contributed by atoms with Gasteiger partial charge in [0.05, 0.1) is 23.7 Å². The first-order valence-electron chi connectivity index (χ1n) is 12.8. The summed E-state index contributed by atoms with van der Waals surface area (Å²) in [5.41, 5.74) is 1.56. The first kappa shape index (κ1) is 26.7. The number of carboxylic acid groups (broad SMARTS) is 2. The molecule has 0 spiro atoms. The average Bonchev–Trinajstić information content (AvgIpc) is 3.83. The van der Waals surface area contributed by atoms with Crippen LogP contribution in [0.3, 0.4) is 0 Å². The van der Waals surface area contributed by atoms with E-state index in [1.165, 1.54) is 7.05 Å². The molecule has 5 rings (SSSR count). The number of hydrogen-bond acceptors (Lipinski definition) is 6. The molecule has 3 aromatic carbocycles. The highest BCUT2D eigenvalue weighted by Crippen LogP contribution is 2.65. The zero-order valence-corrected chi connectivity index (χ0v) is 21.7. The second kappa shape index (κ2) is 10.7. The normalized spacial score (nSPS) is 24.4. The Morgan fingerprint density at radius 2 is 1.12 bits per heavy atom. The fraction of sp³-hybridized carbons (Fsp3) is 0.267. The van der Waals surface area contributed by atoms with E-state index >= 15 is 0 Å². The molecule has 206 valence electrons. The summed E-state index contributed by atoms with van der Waals surface area (Å²) in [6.07, 6.45) is 0. The van der Waals surface area contributed by atoms with E-state index in [1.807, 2.05) is 43.3 Å². The van der Waals surface area contributed by atoms with Crippen LogP contribution in [0.5, 0.6) is 23.0 Å². The van der Waals surface area contributed by atoms with Gasteiger partial charge in [0.25, 0.3) is 0 Å². The van der Waals surface area contributed by atoms with Crippen LogP contribution in [0.2, 0.25) is 0 Å². The predicted molar refractivity (Wildman–Crippen MR) is 143 cm³/mol. The molecule has 0 radical (unpaired) electrons. The Hall–Kier alpha value is -4.86. The minimum absolute atomic E-state index is 0.428. The Kier molecular flexibility index (Phi) is 7.17. The molecule has 0 aliphatic heterocycles. The number of aryl methyl sites for hydroxylation is 1. The van der Waals surface area contributed by atoms with Crippen molar-refractivity contribution in [2.75, 3.05) is 12.4 Å². The molecule has 2 aliphatic rings. The molecule has 10 nitrogen and oxygen atoms in total. The SMILES string of the molecule is CNC(=O)C1C(C(=O)O)C1C1C(C(=O)O)C1C(=O)Nc1ccc(Oc2cccc(Oc3ccc(C)cc3)c2)cc1. The number of aliphatic carboxylic acids is 2. The molecule has 2 amide bonds. The number of carbonyl (C=O) groups excluding carboxylic acids is 2. The minimum Gasteiger partial charge on any atom is -0.481 e. The lowest BCUT2D eigenvalue weighted by molar-refractivity contribution is -0.141. The highest BCUT2D eigenvalue weighted by Gasteiger charge is 2.74. The van der Waals surface area contributed by atoms with E-state index < -0.39 is 59.3 Å². The molecule has 0 aromatic heterocycles. The molecule has 0 heterocycles. The van der Waals surface area contributed by atoms with E-state index in [2.05, 4.69) is 10.6 Å². The number of benzene rings is 3. The van der Waals surface area contributed by atoms with E-state index in [9.17, 15) is 29.4 Å². The van der Waals surface area contributed by atoms with Crippen molar-refractivity contribution < 1.29 is 38.9 Å². The van der Waals surface area contributed by atoms with Gasteiger partial charge < -0.3 is 30.3 Å². The molecular weight excluding hydrogens is 516 g/mol. The molecule has 0 bridgehead atoms. The maximum absolute atomic E-state index is 13.0. The molecule has 2 fully saturated rings. The van der Waals surface area contributed by atoms with Crippen molar-refractivity contribution in [3.05, 3.63) is 78.4 Å². The summed E-state index contributed by atoms with van der Waals surface area (Å²) in [6, 6.07) is 21.4. The van der Waals surface area contributed by atoms with E-state index in [-0.39, 0.29) is 0 Å². The van der Waals surface area contributed by atoms with Gasteiger partial charge in [-0.15, -0.1) is 0 Å². The fourth-order valence-corrected chi connectivity index (χ4v) is 5.42. The molecule has 40 heavy (non-hydrogen) atoms. The van der Waals surface area contributed by atoms with Gasteiger partial charge in [-0.05, 0) is 67.3 Å². The Labute approximate surface area is 229 Å². The van der Waals surface area contributed by atoms with Crippen LogP contribution in [-0.2, 0) is 19.2 Å². The van der Waals surface area contributed by atoms with Crippen molar-refractivity contribution in [3.8, 4) is 23.0 Å². The summed E-state index contributed by atoms with van der Waals surface area (Å²) in [4.78, 5) is 48.5. The quantitative estimate of drug-likeness (QED) is 0.297. The second-order valence-electron chi connectivity index (χ2n) is 10.1. The van der Waals surface area contributed by atoms with Crippen LogP contribution in [0.4, 0.5) is 5.69 Å². The molecule has 3 aromatic rings. The smallest absolute Gasteiger partial charge is 0.307 e. The van der Waals surface area contributed by atoms with E-state index in [0.29, 0.717) is 28.7 Å². The van der Waals surface area contributed by atoms with Crippen molar-refractivity contribution in [2.24, 2.45) is 35.5 Å². The van der Waals surface area contributed by atoms with Crippen LogP contribution >= 0.6 is 0 Å². The summed E-state index contributed by atoms with van der Waals surface area (Å²) >= 11 is 0. The third-order valence-electron chi connectivity index (χ3n) is 7.44. The maximum Gasteiger partial charge on any atom is 0.307 e. The van der Waals surface area contributed by atoms with Gasteiger partial charge in [0, 0.05) is 18.8 Å². The zero-order chi connectivity index (χ0) is 28.6. The van der Waals surface area contributed by atoms with Gasteiger partial charge >= 0.3 is 11.9 Å². The van der Waals surface area contributed by atoms with Gasteiger partial charge in [0.2, 0.25) is 11.8 Å². The number of amides is 2. The number of nitrogens with one attached hydrogen (secondary N) is 2. The minimum atomic E-state index is -1.19. The summed E-state index contributed by atoms with van der Waals surface area (Å²) in [7, 11) is 1.39. The topological polar surface area (TPSA) is 151 Å². The zero-order valence-electron chi connectivity index (χ0n) is 21.7. The van der Waals surface area contributed by atoms with Crippen molar-refractivity contribution in [1.29, 1.82) is 0 Å². The first-order valence-corrected chi connectivity index (χ1v) is 12.8. The summed E-state index contributed by atoms with van der Waals surface area (Å²) in [5, 5.41) is 24.2. The van der Waals surface area contributed by atoms with Crippen molar-refractivity contribution in [3.63, 3.8) is 0 Å². The molecule has 6 atom stereocenters. The number of anilines is 1. The number of carboxylic acids is 2. The number of ether oxygens (including phenoxy) is 2. The largest absolute Gasteiger partial charge is 0.481 e. The lowest BCUT2D eigenvalue weighted by Gasteiger charge is -2.10. The van der Waals surface area contributed by atoms with Gasteiger partial charge in [0.1, 0.15) is 23.0 Å². The van der Waals surface area contributed by atoms with Gasteiger partial charge in [-0.25, -0.2) is 0 Å². The number of rotatable bonds is 10.